The second-order valence-corrected chi connectivity index (χ2v) is 7.11. The minimum atomic E-state index is -0.738. The van der Waals surface area contributed by atoms with Gasteiger partial charge in [-0.25, -0.2) is 0 Å². The summed E-state index contributed by atoms with van der Waals surface area (Å²) >= 11 is 5.96. The molecule has 1 amide bonds. The highest BCUT2D eigenvalue weighted by atomic mass is 35.5. The lowest BCUT2D eigenvalue weighted by Gasteiger charge is -2.41. The summed E-state index contributed by atoms with van der Waals surface area (Å²) in [5, 5.41) is 0.620. The number of carbonyl (C=O) groups excluding carboxylic acids is 2. The fourth-order valence-corrected chi connectivity index (χ4v) is 3.31. The summed E-state index contributed by atoms with van der Waals surface area (Å²) in [4.78, 5) is 26.7. The lowest BCUT2D eigenvalue weighted by Crippen LogP contribution is -2.54. The van der Waals surface area contributed by atoms with E-state index in [4.69, 9.17) is 22.1 Å². The maximum atomic E-state index is 12.5. The van der Waals surface area contributed by atoms with Crippen molar-refractivity contribution in [2.24, 2.45) is 11.7 Å². The van der Waals surface area contributed by atoms with Crippen LogP contribution in [0.2, 0.25) is 5.02 Å². The van der Waals surface area contributed by atoms with Crippen molar-refractivity contribution < 1.29 is 14.3 Å². The summed E-state index contributed by atoms with van der Waals surface area (Å²) in [6.45, 7) is 4.83. The molecule has 1 unspecified atom stereocenters. The summed E-state index contributed by atoms with van der Waals surface area (Å²) < 4.78 is 5.06. The van der Waals surface area contributed by atoms with E-state index in [1.807, 2.05) is 26.0 Å². The van der Waals surface area contributed by atoms with Crippen molar-refractivity contribution in [3.63, 3.8) is 0 Å². The van der Waals surface area contributed by atoms with Crippen LogP contribution in [0.25, 0.3) is 0 Å². The monoisotopic (exact) mass is 352 g/mol. The molecule has 1 heterocycles. The number of methoxy groups -OCH3 is 1. The van der Waals surface area contributed by atoms with Gasteiger partial charge in [-0.3, -0.25) is 9.59 Å². The van der Waals surface area contributed by atoms with E-state index in [0.717, 1.165) is 5.56 Å². The molecule has 1 fully saturated rings. The minimum absolute atomic E-state index is 0.0560. The Morgan fingerprint density at radius 1 is 1.21 bits per heavy atom. The molecule has 0 aliphatic carbocycles. The number of carbonyl (C=O) groups is 2. The second-order valence-electron chi connectivity index (χ2n) is 6.68. The Kier molecular flexibility index (Phi) is 5.88. The number of nitrogens with two attached hydrogens (primary N) is 1. The van der Waals surface area contributed by atoms with Gasteiger partial charge in [-0.15, -0.1) is 0 Å². The molecule has 1 saturated heterocycles. The van der Waals surface area contributed by atoms with Crippen LogP contribution in [0.15, 0.2) is 24.3 Å². The molecule has 2 N–H and O–H groups in total. The van der Waals surface area contributed by atoms with Crippen molar-refractivity contribution >= 4 is 23.5 Å². The Morgan fingerprint density at radius 3 is 2.21 bits per heavy atom. The first kappa shape index (κ1) is 18.7. The Balaban J connectivity index is 2.21. The summed E-state index contributed by atoms with van der Waals surface area (Å²) in [7, 11) is 1.40. The lowest BCUT2D eigenvalue weighted by atomic mass is 9.72. The van der Waals surface area contributed by atoms with Crippen LogP contribution in [-0.2, 0) is 19.7 Å². The van der Waals surface area contributed by atoms with Crippen LogP contribution < -0.4 is 5.73 Å². The summed E-state index contributed by atoms with van der Waals surface area (Å²) in [5.74, 6) is -0.245. The van der Waals surface area contributed by atoms with Gasteiger partial charge in [-0.1, -0.05) is 37.6 Å². The number of hydrogen-bond acceptors (Lipinski definition) is 4. The lowest BCUT2D eigenvalue weighted by molar-refractivity contribution is -0.152. The summed E-state index contributed by atoms with van der Waals surface area (Å²) in [6.07, 6.45) is 1.02. The van der Waals surface area contributed by atoms with Crippen LogP contribution >= 0.6 is 11.6 Å². The van der Waals surface area contributed by atoms with E-state index in [1.54, 1.807) is 17.0 Å². The standard InChI is InChI=1S/C18H25ClN2O3/c1-12(2)15(20)16(22)21-10-8-18(9-11-21,17(23)24-3)13-4-6-14(19)7-5-13/h4-7,12,15H,8-11,20H2,1-3H3. The molecule has 1 aromatic carbocycles. The molecule has 24 heavy (non-hydrogen) atoms. The molecule has 132 valence electrons. The number of amides is 1. The van der Waals surface area contributed by atoms with E-state index in [2.05, 4.69) is 0 Å². The number of hydrogen-bond donors (Lipinski definition) is 1. The molecule has 1 aliphatic rings. The fourth-order valence-electron chi connectivity index (χ4n) is 3.18. The van der Waals surface area contributed by atoms with Gasteiger partial charge in [0.25, 0.3) is 0 Å². The van der Waals surface area contributed by atoms with Gasteiger partial charge in [-0.2, -0.15) is 0 Å². The number of halogens is 1. The van der Waals surface area contributed by atoms with Crippen molar-refractivity contribution in [3.8, 4) is 0 Å². The third kappa shape index (κ3) is 3.57. The number of ether oxygens (including phenoxy) is 1. The molecule has 5 nitrogen and oxygen atoms in total. The minimum Gasteiger partial charge on any atom is -0.468 e. The summed E-state index contributed by atoms with van der Waals surface area (Å²) in [5.41, 5.74) is 6.11. The average molecular weight is 353 g/mol. The Bertz CT molecular complexity index is 593. The predicted octanol–water partition coefficient (Wildman–Crippen LogP) is 2.36. The fraction of sp³-hybridized carbons (Fsp3) is 0.556. The molecule has 6 heteroatoms. The number of nitrogens with zero attached hydrogens (tertiary/aromatic N) is 1. The smallest absolute Gasteiger partial charge is 0.316 e. The van der Waals surface area contributed by atoms with E-state index in [0.29, 0.717) is 31.0 Å². The first-order valence-electron chi connectivity index (χ1n) is 8.20. The van der Waals surface area contributed by atoms with E-state index in [1.165, 1.54) is 7.11 Å². The van der Waals surface area contributed by atoms with Gasteiger partial charge in [0, 0.05) is 18.1 Å². The highest BCUT2D eigenvalue weighted by Gasteiger charge is 2.45. The van der Waals surface area contributed by atoms with E-state index in [9.17, 15) is 9.59 Å². The molecule has 0 spiro atoms. The van der Waals surface area contributed by atoms with Crippen LogP contribution in [0.4, 0.5) is 0 Å². The zero-order valence-corrected chi connectivity index (χ0v) is 15.2. The van der Waals surface area contributed by atoms with E-state index in [-0.39, 0.29) is 17.8 Å². The molecule has 1 aliphatic heterocycles. The van der Waals surface area contributed by atoms with Crippen molar-refractivity contribution in [3.05, 3.63) is 34.9 Å². The largest absolute Gasteiger partial charge is 0.468 e. The number of esters is 1. The number of piperidine rings is 1. The van der Waals surface area contributed by atoms with E-state index >= 15 is 0 Å². The van der Waals surface area contributed by atoms with Crippen LogP contribution in [0.1, 0.15) is 32.3 Å². The molecule has 0 saturated carbocycles. The van der Waals surface area contributed by atoms with Gasteiger partial charge < -0.3 is 15.4 Å². The normalized spacial score (nSPS) is 18.3. The van der Waals surface area contributed by atoms with Gasteiger partial charge in [0.2, 0.25) is 5.91 Å². The average Bonchev–Trinajstić information content (AvgIpc) is 2.60. The maximum absolute atomic E-state index is 12.5. The molecule has 0 aromatic heterocycles. The molecular weight excluding hydrogens is 328 g/mol. The van der Waals surface area contributed by atoms with Crippen molar-refractivity contribution in [2.45, 2.75) is 38.1 Å². The summed E-state index contributed by atoms with van der Waals surface area (Å²) in [6, 6.07) is 6.75. The van der Waals surface area contributed by atoms with Crippen LogP contribution in [0.3, 0.4) is 0 Å². The molecule has 2 rings (SSSR count). The van der Waals surface area contributed by atoms with Crippen LogP contribution in [0, 0.1) is 5.92 Å². The quantitative estimate of drug-likeness (QED) is 0.844. The third-order valence-corrected chi connectivity index (χ3v) is 5.16. The molecular formula is C18H25ClN2O3. The predicted molar refractivity (Wildman–Crippen MR) is 93.8 cm³/mol. The molecule has 0 radical (unpaired) electrons. The second kappa shape index (κ2) is 7.53. The van der Waals surface area contributed by atoms with Crippen molar-refractivity contribution in [1.29, 1.82) is 0 Å². The highest BCUT2D eigenvalue weighted by molar-refractivity contribution is 6.30. The van der Waals surface area contributed by atoms with Gasteiger partial charge in [0.15, 0.2) is 0 Å². The SMILES string of the molecule is COC(=O)C1(c2ccc(Cl)cc2)CCN(C(=O)C(N)C(C)C)CC1. The molecule has 1 atom stereocenters. The third-order valence-electron chi connectivity index (χ3n) is 4.90. The topological polar surface area (TPSA) is 72.6 Å². The maximum Gasteiger partial charge on any atom is 0.316 e. The van der Waals surface area contributed by atoms with Crippen molar-refractivity contribution in [1.82, 2.24) is 4.90 Å². The Morgan fingerprint density at radius 2 is 1.75 bits per heavy atom. The first-order valence-corrected chi connectivity index (χ1v) is 8.58. The zero-order chi connectivity index (χ0) is 17.9. The molecule has 0 bridgehead atoms. The Labute approximate surface area is 148 Å². The highest BCUT2D eigenvalue weighted by Crippen LogP contribution is 2.37. The Hall–Kier alpha value is -1.59. The first-order chi connectivity index (χ1) is 11.3. The van der Waals surface area contributed by atoms with Gasteiger partial charge in [-0.05, 0) is 36.5 Å². The van der Waals surface area contributed by atoms with Crippen LogP contribution in [-0.4, -0.2) is 43.0 Å². The van der Waals surface area contributed by atoms with E-state index < -0.39 is 11.5 Å². The zero-order valence-electron chi connectivity index (χ0n) is 14.4. The van der Waals surface area contributed by atoms with Gasteiger partial charge in [0.1, 0.15) is 0 Å². The van der Waals surface area contributed by atoms with Crippen LogP contribution in [0.5, 0.6) is 0 Å². The molecule has 1 aromatic rings. The van der Waals surface area contributed by atoms with Crippen molar-refractivity contribution in [2.75, 3.05) is 20.2 Å². The van der Waals surface area contributed by atoms with Gasteiger partial charge >= 0.3 is 5.97 Å². The number of benzene rings is 1. The number of likely N-dealkylation sites (tertiary alicyclic amines) is 1. The number of rotatable bonds is 4. The van der Waals surface area contributed by atoms with Gasteiger partial charge in [0.05, 0.1) is 18.6 Å².